The molecule has 0 atom stereocenters. The highest BCUT2D eigenvalue weighted by Crippen LogP contribution is 2.55. The fraction of sp³-hybridized carbons (Fsp3) is 0.208. The smallest absolute Gasteiger partial charge is 0.160 e. The first-order valence-corrected chi connectivity index (χ1v) is 10.1. The summed E-state index contributed by atoms with van der Waals surface area (Å²) in [4.78, 5) is 7.31. The van der Waals surface area contributed by atoms with E-state index in [-0.39, 0.29) is 0 Å². The highest BCUT2D eigenvalue weighted by Gasteiger charge is 2.46. The van der Waals surface area contributed by atoms with Crippen molar-refractivity contribution in [2.75, 3.05) is 5.32 Å². The first-order valence-electron chi connectivity index (χ1n) is 10.1. The number of benzene rings is 2. The first-order chi connectivity index (χ1) is 14.6. The zero-order valence-corrected chi connectivity index (χ0v) is 16.1. The molecule has 0 bridgehead atoms. The second-order valence-electron chi connectivity index (χ2n) is 8.40. The van der Waals surface area contributed by atoms with E-state index < -0.39 is 11.6 Å². The van der Waals surface area contributed by atoms with Gasteiger partial charge in [0.1, 0.15) is 17.3 Å². The summed E-state index contributed by atoms with van der Waals surface area (Å²) < 4.78 is 33.0. The first kappa shape index (κ1) is 17.4. The number of aromatic nitrogens is 2. The molecule has 30 heavy (non-hydrogen) atoms. The second-order valence-corrected chi connectivity index (χ2v) is 8.40. The Labute approximate surface area is 171 Å². The minimum absolute atomic E-state index is 0.515. The lowest BCUT2D eigenvalue weighted by atomic mass is 10.0. The van der Waals surface area contributed by atoms with E-state index in [0.29, 0.717) is 33.6 Å². The van der Waals surface area contributed by atoms with Gasteiger partial charge < -0.3 is 15.0 Å². The molecule has 2 aliphatic rings. The zero-order valence-electron chi connectivity index (χ0n) is 16.1. The Hall–Kier alpha value is -3.41. The summed E-state index contributed by atoms with van der Waals surface area (Å²) in [6.07, 6.45) is 8.35. The minimum atomic E-state index is -0.885. The van der Waals surface area contributed by atoms with Crippen molar-refractivity contribution in [3.63, 3.8) is 0 Å². The van der Waals surface area contributed by atoms with Crippen molar-refractivity contribution in [1.29, 1.82) is 0 Å². The molecule has 0 aliphatic heterocycles. The molecule has 2 aliphatic carbocycles. The fourth-order valence-electron chi connectivity index (χ4n) is 4.41. The maximum Gasteiger partial charge on any atom is 0.160 e. The molecule has 2 aromatic carbocycles. The average Bonchev–Trinajstić information content (AvgIpc) is 3.22. The van der Waals surface area contributed by atoms with Crippen LogP contribution in [0.2, 0.25) is 0 Å². The van der Waals surface area contributed by atoms with Crippen LogP contribution in [0.3, 0.4) is 0 Å². The predicted octanol–water partition coefficient (Wildman–Crippen LogP) is 6.26. The Kier molecular flexibility index (Phi) is 3.66. The van der Waals surface area contributed by atoms with Crippen LogP contribution in [0.15, 0.2) is 54.9 Å². The number of fused-ring (bicyclic) bond motifs is 2. The zero-order chi connectivity index (χ0) is 20.3. The lowest BCUT2D eigenvalue weighted by Crippen LogP contribution is -1.96. The third kappa shape index (κ3) is 3.00. The van der Waals surface area contributed by atoms with Gasteiger partial charge in [-0.05, 0) is 72.6 Å². The molecular weight excluding hydrogens is 384 g/mol. The lowest BCUT2D eigenvalue weighted by molar-refractivity contribution is 0.479. The van der Waals surface area contributed by atoms with Crippen LogP contribution in [0.5, 0.6) is 11.5 Å². The van der Waals surface area contributed by atoms with Gasteiger partial charge in [0.2, 0.25) is 0 Å². The van der Waals surface area contributed by atoms with Crippen LogP contribution in [-0.2, 0) is 12.8 Å². The van der Waals surface area contributed by atoms with Crippen LogP contribution < -0.4 is 10.1 Å². The summed E-state index contributed by atoms with van der Waals surface area (Å²) in [5.41, 5.74) is 4.54. The Morgan fingerprint density at radius 2 is 1.73 bits per heavy atom. The Balaban J connectivity index is 1.18. The normalized spacial score (nSPS) is 16.1. The monoisotopic (exact) mass is 403 g/mol. The number of nitrogens with one attached hydrogen (secondary N) is 2. The van der Waals surface area contributed by atoms with Crippen molar-refractivity contribution in [3.8, 4) is 11.5 Å². The van der Waals surface area contributed by atoms with Crippen LogP contribution in [0.1, 0.15) is 24.0 Å². The molecule has 150 valence electrons. The SMILES string of the molecule is Fc1cc2[nH]cc(Nc3ccc(Oc4ccc5c(c4)CC4(CC4)C5)cn3)c2cc1F. The minimum Gasteiger partial charge on any atom is -0.456 e. The van der Waals surface area contributed by atoms with Gasteiger partial charge in [-0.3, -0.25) is 0 Å². The molecule has 2 N–H and O–H groups in total. The molecule has 0 unspecified atom stereocenters. The van der Waals surface area contributed by atoms with Crippen molar-refractivity contribution in [1.82, 2.24) is 9.97 Å². The molecule has 6 heteroatoms. The summed E-state index contributed by atoms with van der Waals surface area (Å²) >= 11 is 0. The summed E-state index contributed by atoms with van der Waals surface area (Å²) in [6, 6.07) is 12.3. The average molecular weight is 403 g/mol. The van der Waals surface area contributed by atoms with E-state index in [1.165, 1.54) is 36.5 Å². The lowest BCUT2D eigenvalue weighted by Gasteiger charge is -2.09. The number of nitrogens with zero attached hydrogens (tertiary/aromatic N) is 1. The van der Waals surface area contributed by atoms with Crippen molar-refractivity contribution >= 4 is 22.4 Å². The Morgan fingerprint density at radius 3 is 2.53 bits per heavy atom. The molecule has 4 aromatic rings. The number of hydrogen-bond donors (Lipinski definition) is 2. The van der Waals surface area contributed by atoms with Gasteiger partial charge in [-0.1, -0.05) is 6.07 Å². The van der Waals surface area contributed by atoms with Crippen molar-refractivity contribution in [2.45, 2.75) is 25.7 Å². The topological polar surface area (TPSA) is 49.9 Å². The van der Waals surface area contributed by atoms with Crippen molar-refractivity contribution < 1.29 is 13.5 Å². The van der Waals surface area contributed by atoms with Crippen LogP contribution in [-0.4, -0.2) is 9.97 Å². The van der Waals surface area contributed by atoms with E-state index >= 15 is 0 Å². The molecule has 0 radical (unpaired) electrons. The largest absolute Gasteiger partial charge is 0.456 e. The van der Waals surface area contributed by atoms with E-state index in [2.05, 4.69) is 27.4 Å². The van der Waals surface area contributed by atoms with E-state index in [9.17, 15) is 8.78 Å². The summed E-state index contributed by atoms with van der Waals surface area (Å²) in [6.45, 7) is 0. The quantitative estimate of drug-likeness (QED) is 0.423. The summed E-state index contributed by atoms with van der Waals surface area (Å²) in [5, 5.41) is 3.69. The van der Waals surface area contributed by atoms with Crippen molar-refractivity contribution in [3.05, 3.63) is 77.6 Å². The van der Waals surface area contributed by atoms with Crippen LogP contribution in [0.25, 0.3) is 10.9 Å². The fourth-order valence-corrected chi connectivity index (χ4v) is 4.41. The number of H-pyrrole nitrogens is 1. The highest BCUT2D eigenvalue weighted by atomic mass is 19.2. The van der Waals surface area contributed by atoms with Gasteiger partial charge in [-0.25, -0.2) is 13.8 Å². The van der Waals surface area contributed by atoms with Crippen molar-refractivity contribution in [2.24, 2.45) is 5.41 Å². The maximum atomic E-state index is 13.6. The van der Waals surface area contributed by atoms with Gasteiger partial charge in [0.15, 0.2) is 11.6 Å². The number of pyridine rings is 1. The van der Waals surface area contributed by atoms with Crippen LogP contribution >= 0.6 is 0 Å². The molecule has 2 heterocycles. The molecule has 1 saturated carbocycles. The molecule has 2 aromatic heterocycles. The Bertz CT molecular complexity index is 1280. The second kappa shape index (κ2) is 6.29. The van der Waals surface area contributed by atoms with E-state index in [4.69, 9.17) is 4.74 Å². The maximum absolute atomic E-state index is 13.6. The number of anilines is 2. The van der Waals surface area contributed by atoms with Gasteiger partial charge in [-0.15, -0.1) is 0 Å². The van der Waals surface area contributed by atoms with Gasteiger partial charge in [0, 0.05) is 17.6 Å². The van der Waals surface area contributed by atoms with E-state index in [0.717, 1.165) is 18.2 Å². The predicted molar refractivity (Wildman–Crippen MR) is 111 cm³/mol. The molecule has 0 saturated heterocycles. The third-order valence-corrected chi connectivity index (χ3v) is 6.22. The van der Waals surface area contributed by atoms with Crippen LogP contribution in [0, 0.1) is 17.0 Å². The summed E-state index contributed by atoms with van der Waals surface area (Å²) in [5.74, 6) is 0.283. The number of aromatic amines is 1. The molecule has 1 fully saturated rings. The van der Waals surface area contributed by atoms with Crippen LogP contribution in [0.4, 0.5) is 20.3 Å². The number of halogens is 2. The highest BCUT2D eigenvalue weighted by molar-refractivity contribution is 5.93. The van der Waals surface area contributed by atoms with Gasteiger partial charge in [0.25, 0.3) is 0 Å². The van der Waals surface area contributed by atoms with E-state index in [1.807, 2.05) is 12.1 Å². The molecular formula is C24H19F2N3O. The van der Waals surface area contributed by atoms with Gasteiger partial charge >= 0.3 is 0 Å². The number of hydrogen-bond acceptors (Lipinski definition) is 3. The number of rotatable bonds is 4. The Morgan fingerprint density at radius 1 is 0.933 bits per heavy atom. The van der Waals surface area contributed by atoms with E-state index in [1.54, 1.807) is 18.5 Å². The number of ether oxygens (including phenoxy) is 1. The molecule has 1 spiro atoms. The summed E-state index contributed by atoms with van der Waals surface area (Å²) in [7, 11) is 0. The molecule has 0 amide bonds. The molecule has 4 nitrogen and oxygen atoms in total. The third-order valence-electron chi connectivity index (χ3n) is 6.22. The molecule has 6 rings (SSSR count). The van der Waals surface area contributed by atoms with Gasteiger partial charge in [0.05, 0.1) is 17.4 Å². The van der Waals surface area contributed by atoms with Gasteiger partial charge in [-0.2, -0.15) is 0 Å². The standard InChI is InChI=1S/C24H19F2N3O/c25-19-8-18-21(9-20(19)26)27-13-22(18)29-23-4-3-17(12-28-23)30-16-2-1-14-10-24(5-6-24)11-15(14)7-16/h1-4,7-9,12-13,27H,5-6,10-11H2,(H,28,29).